The normalized spacial score (nSPS) is 15.0. The van der Waals surface area contributed by atoms with E-state index in [2.05, 4.69) is 50.8 Å². The Labute approximate surface area is 178 Å². The smallest absolute Gasteiger partial charge is 0.259 e. The number of aromatic nitrogens is 1. The highest BCUT2D eigenvalue weighted by Crippen LogP contribution is 2.21. The minimum Gasteiger partial charge on any atom is -0.367 e. The molecule has 1 fully saturated rings. The van der Waals surface area contributed by atoms with Crippen LogP contribution in [0.1, 0.15) is 34.3 Å². The van der Waals surface area contributed by atoms with Crippen molar-refractivity contribution in [1.29, 1.82) is 0 Å². The number of nitrogens with zero attached hydrogens (tertiary/aromatic N) is 2. The van der Waals surface area contributed by atoms with E-state index in [0.717, 1.165) is 43.7 Å². The van der Waals surface area contributed by atoms with Gasteiger partial charge in [-0.25, -0.2) is 4.98 Å². The van der Waals surface area contributed by atoms with Gasteiger partial charge in [-0.1, -0.05) is 42.5 Å². The van der Waals surface area contributed by atoms with Crippen molar-refractivity contribution in [3.05, 3.63) is 89.6 Å². The van der Waals surface area contributed by atoms with Crippen molar-refractivity contribution in [2.75, 3.05) is 23.7 Å². The van der Waals surface area contributed by atoms with Crippen LogP contribution in [0.4, 0.5) is 11.5 Å². The van der Waals surface area contributed by atoms with Crippen LogP contribution in [0.5, 0.6) is 0 Å². The Balaban J connectivity index is 1.36. The number of amides is 1. The molecule has 30 heavy (non-hydrogen) atoms. The molecule has 2 heterocycles. The van der Waals surface area contributed by atoms with E-state index in [-0.39, 0.29) is 5.91 Å². The fourth-order valence-electron chi connectivity index (χ4n) is 3.90. The summed E-state index contributed by atoms with van der Waals surface area (Å²) in [5.41, 5.74) is 3.83. The summed E-state index contributed by atoms with van der Waals surface area (Å²) in [6, 6.07) is 22.4. The average Bonchev–Trinajstić information content (AvgIpc) is 2.76. The van der Waals surface area contributed by atoms with Crippen LogP contribution < -0.4 is 10.6 Å². The molecule has 5 nitrogen and oxygen atoms in total. The van der Waals surface area contributed by atoms with Gasteiger partial charge in [0.15, 0.2) is 0 Å². The summed E-state index contributed by atoms with van der Waals surface area (Å²) in [6.07, 6.45) is 3.79. The molecular weight excluding hydrogens is 372 g/mol. The van der Waals surface area contributed by atoms with Crippen molar-refractivity contribution in [3.8, 4) is 0 Å². The Hall–Kier alpha value is -3.18. The predicted molar refractivity (Wildman–Crippen MR) is 122 cm³/mol. The van der Waals surface area contributed by atoms with Gasteiger partial charge in [0.1, 0.15) is 5.82 Å². The lowest BCUT2D eigenvalue weighted by molar-refractivity contribution is 0.102. The standard InChI is InChI=1S/C25H28N4O/c1-19-7-5-10-22(17-19)28-25(30)23-11-6-14-26-24(23)27-21-12-15-29(16-13-21)18-20-8-3-2-4-9-20/h2-11,14,17,21H,12-13,15-16,18H2,1H3,(H,26,27)(H,28,30). The maximum atomic E-state index is 12.8. The second-order valence-corrected chi connectivity index (χ2v) is 7.90. The van der Waals surface area contributed by atoms with Crippen molar-refractivity contribution in [3.63, 3.8) is 0 Å². The number of nitrogens with one attached hydrogen (secondary N) is 2. The number of hydrogen-bond acceptors (Lipinski definition) is 4. The number of carbonyl (C=O) groups is 1. The van der Waals surface area contributed by atoms with Gasteiger partial charge in [0, 0.05) is 37.6 Å². The first kappa shape index (κ1) is 20.1. The second kappa shape index (κ2) is 9.55. The third kappa shape index (κ3) is 5.24. The molecule has 154 valence electrons. The molecular formula is C25H28N4O. The van der Waals surface area contributed by atoms with Crippen molar-refractivity contribution in [2.24, 2.45) is 0 Å². The molecule has 0 spiro atoms. The summed E-state index contributed by atoms with van der Waals surface area (Å²) in [7, 11) is 0. The Morgan fingerprint density at radius 1 is 1.03 bits per heavy atom. The third-order valence-corrected chi connectivity index (χ3v) is 5.51. The molecule has 3 aromatic rings. The van der Waals surface area contributed by atoms with Crippen LogP contribution in [-0.2, 0) is 6.54 Å². The number of rotatable bonds is 6. The van der Waals surface area contributed by atoms with Gasteiger partial charge in [-0.15, -0.1) is 0 Å². The lowest BCUT2D eigenvalue weighted by Gasteiger charge is -2.32. The van der Waals surface area contributed by atoms with Crippen molar-refractivity contribution in [1.82, 2.24) is 9.88 Å². The zero-order valence-electron chi connectivity index (χ0n) is 17.3. The number of aryl methyl sites for hydroxylation is 1. The first-order chi connectivity index (χ1) is 14.7. The Bertz CT molecular complexity index is 981. The third-order valence-electron chi connectivity index (χ3n) is 5.51. The molecule has 1 saturated heterocycles. The van der Waals surface area contributed by atoms with Crippen molar-refractivity contribution < 1.29 is 4.79 Å². The molecule has 2 aromatic carbocycles. The molecule has 0 aliphatic carbocycles. The van der Waals surface area contributed by atoms with E-state index in [1.807, 2.05) is 37.3 Å². The van der Waals surface area contributed by atoms with E-state index in [9.17, 15) is 4.79 Å². The van der Waals surface area contributed by atoms with Crippen LogP contribution in [0.2, 0.25) is 0 Å². The molecule has 0 atom stereocenters. The quantitative estimate of drug-likeness (QED) is 0.629. The summed E-state index contributed by atoms with van der Waals surface area (Å²) in [4.78, 5) is 19.8. The van der Waals surface area contributed by atoms with Gasteiger partial charge in [0.25, 0.3) is 5.91 Å². The van der Waals surface area contributed by atoms with Gasteiger partial charge in [-0.05, 0) is 55.2 Å². The Morgan fingerprint density at radius 3 is 2.60 bits per heavy atom. The van der Waals surface area contributed by atoms with Gasteiger partial charge in [0.2, 0.25) is 0 Å². The van der Waals surface area contributed by atoms with E-state index in [4.69, 9.17) is 0 Å². The van der Waals surface area contributed by atoms with E-state index in [0.29, 0.717) is 17.4 Å². The molecule has 0 unspecified atom stereocenters. The molecule has 1 aromatic heterocycles. The highest BCUT2D eigenvalue weighted by atomic mass is 16.1. The van der Waals surface area contributed by atoms with E-state index in [1.165, 1.54) is 5.56 Å². The largest absolute Gasteiger partial charge is 0.367 e. The number of piperidine rings is 1. The van der Waals surface area contributed by atoms with Crippen LogP contribution in [-0.4, -0.2) is 34.9 Å². The summed E-state index contributed by atoms with van der Waals surface area (Å²) in [5, 5.41) is 6.50. The zero-order valence-corrected chi connectivity index (χ0v) is 17.3. The summed E-state index contributed by atoms with van der Waals surface area (Å²) in [5.74, 6) is 0.516. The van der Waals surface area contributed by atoms with Gasteiger partial charge >= 0.3 is 0 Å². The second-order valence-electron chi connectivity index (χ2n) is 7.90. The molecule has 0 bridgehead atoms. The summed E-state index contributed by atoms with van der Waals surface area (Å²) in [6.45, 7) is 5.06. The molecule has 0 radical (unpaired) electrons. The van der Waals surface area contributed by atoms with E-state index >= 15 is 0 Å². The van der Waals surface area contributed by atoms with Crippen LogP contribution in [0.25, 0.3) is 0 Å². The minimum atomic E-state index is -0.141. The monoisotopic (exact) mass is 400 g/mol. The number of pyridine rings is 1. The topological polar surface area (TPSA) is 57.3 Å². The Kier molecular flexibility index (Phi) is 6.40. The highest BCUT2D eigenvalue weighted by molar-refractivity contribution is 6.07. The first-order valence-corrected chi connectivity index (χ1v) is 10.5. The summed E-state index contributed by atoms with van der Waals surface area (Å²) < 4.78 is 0. The van der Waals surface area contributed by atoms with Gasteiger partial charge < -0.3 is 10.6 Å². The van der Waals surface area contributed by atoms with Gasteiger partial charge in [-0.2, -0.15) is 0 Å². The predicted octanol–water partition coefficient (Wildman–Crippen LogP) is 4.72. The van der Waals surface area contributed by atoms with Crippen molar-refractivity contribution >= 4 is 17.4 Å². The molecule has 1 aliphatic heterocycles. The van der Waals surface area contributed by atoms with E-state index in [1.54, 1.807) is 12.3 Å². The minimum absolute atomic E-state index is 0.141. The van der Waals surface area contributed by atoms with Crippen LogP contribution in [0, 0.1) is 6.92 Å². The summed E-state index contributed by atoms with van der Waals surface area (Å²) >= 11 is 0. The molecule has 4 rings (SSSR count). The highest BCUT2D eigenvalue weighted by Gasteiger charge is 2.21. The lowest BCUT2D eigenvalue weighted by Crippen LogP contribution is -2.39. The number of benzene rings is 2. The number of carbonyl (C=O) groups excluding carboxylic acids is 1. The lowest BCUT2D eigenvalue weighted by atomic mass is 10.0. The fourth-order valence-corrected chi connectivity index (χ4v) is 3.90. The van der Waals surface area contributed by atoms with E-state index < -0.39 is 0 Å². The molecule has 1 amide bonds. The SMILES string of the molecule is Cc1cccc(NC(=O)c2cccnc2NC2CCN(Cc3ccccc3)CC2)c1. The number of hydrogen-bond donors (Lipinski definition) is 2. The Morgan fingerprint density at radius 2 is 1.83 bits per heavy atom. The van der Waals surface area contributed by atoms with Gasteiger partial charge in [-0.3, -0.25) is 9.69 Å². The fraction of sp³-hybridized carbons (Fsp3) is 0.280. The van der Waals surface area contributed by atoms with Crippen molar-refractivity contribution in [2.45, 2.75) is 32.4 Å². The maximum absolute atomic E-state index is 12.8. The number of likely N-dealkylation sites (tertiary alicyclic amines) is 1. The molecule has 2 N–H and O–H groups in total. The molecule has 5 heteroatoms. The van der Waals surface area contributed by atoms with Crippen LogP contribution in [0.15, 0.2) is 72.9 Å². The maximum Gasteiger partial charge on any atom is 0.259 e. The van der Waals surface area contributed by atoms with Crippen LogP contribution in [0.3, 0.4) is 0 Å². The average molecular weight is 401 g/mol. The molecule has 0 saturated carbocycles. The zero-order chi connectivity index (χ0) is 20.8. The first-order valence-electron chi connectivity index (χ1n) is 10.5. The number of anilines is 2. The molecule has 1 aliphatic rings. The van der Waals surface area contributed by atoms with Gasteiger partial charge in [0.05, 0.1) is 5.56 Å². The van der Waals surface area contributed by atoms with Crippen LogP contribution >= 0.6 is 0 Å².